The van der Waals surface area contributed by atoms with Gasteiger partial charge in [0.15, 0.2) is 0 Å². The largest absolute Gasteiger partial charge is 0.495 e. The Morgan fingerprint density at radius 2 is 1.84 bits per heavy atom. The van der Waals surface area contributed by atoms with Gasteiger partial charge in [0.1, 0.15) is 10.6 Å². The summed E-state index contributed by atoms with van der Waals surface area (Å²) in [4.78, 5) is 0.0578. The van der Waals surface area contributed by atoms with Crippen LogP contribution in [0.15, 0.2) is 23.1 Å². The van der Waals surface area contributed by atoms with Gasteiger partial charge in [-0.05, 0) is 44.0 Å². The van der Waals surface area contributed by atoms with Crippen LogP contribution in [0.25, 0.3) is 0 Å². The molecule has 0 saturated carbocycles. The summed E-state index contributed by atoms with van der Waals surface area (Å²) in [5.74, 6) is 0.749. The van der Waals surface area contributed by atoms with E-state index >= 15 is 0 Å². The summed E-state index contributed by atoms with van der Waals surface area (Å²) >= 11 is 0. The van der Waals surface area contributed by atoms with E-state index in [1.165, 1.54) is 36.5 Å². The van der Waals surface area contributed by atoms with Crippen molar-refractivity contribution < 1.29 is 21.6 Å². The van der Waals surface area contributed by atoms with Crippen LogP contribution in [-0.4, -0.2) is 60.2 Å². The van der Waals surface area contributed by atoms with Gasteiger partial charge in [-0.25, -0.2) is 16.8 Å². The van der Waals surface area contributed by atoms with Gasteiger partial charge < -0.3 is 10.1 Å². The molecule has 1 aromatic carbocycles. The number of fused-ring (bicyclic) bond motifs is 1. The van der Waals surface area contributed by atoms with Crippen molar-refractivity contribution in [2.24, 2.45) is 11.8 Å². The highest BCUT2D eigenvalue weighted by molar-refractivity contribution is 7.92. The molecular weight excluding hydrogens is 366 g/mol. The molecule has 1 aromatic rings. The summed E-state index contributed by atoms with van der Waals surface area (Å²) in [6.45, 7) is 4.19. The Balaban J connectivity index is 1.88. The van der Waals surface area contributed by atoms with Gasteiger partial charge in [0.2, 0.25) is 20.0 Å². The van der Waals surface area contributed by atoms with Crippen LogP contribution in [-0.2, 0) is 20.0 Å². The molecule has 2 heterocycles. The first-order valence-corrected chi connectivity index (χ1v) is 11.3. The van der Waals surface area contributed by atoms with Gasteiger partial charge in [-0.15, -0.1) is 0 Å². The lowest BCUT2D eigenvalue weighted by Gasteiger charge is -2.19. The second-order valence-electron chi connectivity index (χ2n) is 6.37. The smallest absolute Gasteiger partial charge is 0.246 e. The van der Waals surface area contributed by atoms with Crippen LogP contribution in [0.4, 0.5) is 5.69 Å². The van der Waals surface area contributed by atoms with Crippen LogP contribution in [0.2, 0.25) is 0 Å². The molecule has 8 nitrogen and oxygen atoms in total. The molecule has 0 aromatic heterocycles. The molecule has 0 radical (unpaired) electrons. The van der Waals surface area contributed by atoms with Gasteiger partial charge in [-0.3, -0.25) is 4.72 Å². The molecule has 10 heteroatoms. The Labute approximate surface area is 148 Å². The second-order valence-corrected chi connectivity index (χ2v) is 10.3. The number of hydrogen-bond acceptors (Lipinski definition) is 6. The zero-order valence-corrected chi connectivity index (χ0v) is 15.9. The van der Waals surface area contributed by atoms with E-state index in [0.717, 1.165) is 13.1 Å². The summed E-state index contributed by atoms with van der Waals surface area (Å²) in [6, 6.07) is 4.24. The molecule has 140 valence electrons. The Morgan fingerprint density at radius 1 is 1.20 bits per heavy atom. The highest BCUT2D eigenvalue weighted by atomic mass is 32.2. The van der Waals surface area contributed by atoms with Crippen molar-refractivity contribution in [1.29, 1.82) is 0 Å². The number of hydrogen-bond donors (Lipinski definition) is 2. The van der Waals surface area contributed by atoms with Gasteiger partial charge in [-0.2, -0.15) is 4.31 Å². The van der Waals surface area contributed by atoms with Crippen LogP contribution >= 0.6 is 0 Å². The highest BCUT2D eigenvalue weighted by Crippen LogP contribution is 2.35. The van der Waals surface area contributed by atoms with E-state index < -0.39 is 20.0 Å². The predicted octanol–water partition coefficient (Wildman–Crippen LogP) is 0.297. The number of anilines is 1. The standard InChI is InChI=1S/C15H23N3O5S2/c1-3-24(19,20)17-13-4-5-15(14(6-13)23-2)25(21,22)18-9-11-7-16-8-12(11)10-18/h4-6,11-12,16-17H,3,7-10H2,1-2H3/t11-,12+. The van der Waals surface area contributed by atoms with Crippen molar-refractivity contribution in [3.8, 4) is 5.75 Å². The van der Waals surface area contributed by atoms with Gasteiger partial charge in [-0.1, -0.05) is 0 Å². The van der Waals surface area contributed by atoms with E-state index in [0.29, 0.717) is 24.9 Å². The summed E-state index contributed by atoms with van der Waals surface area (Å²) in [5.41, 5.74) is 0.278. The molecule has 3 rings (SSSR count). The molecule has 0 spiro atoms. The molecule has 2 atom stereocenters. The lowest BCUT2D eigenvalue weighted by molar-refractivity contribution is 0.396. The SMILES string of the molecule is CCS(=O)(=O)Nc1ccc(S(=O)(=O)N2C[C@H]3CNC[C@H]3C2)c(OC)c1. The number of rotatable bonds is 6. The Morgan fingerprint density at radius 3 is 2.40 bits per heavy atom. The Bertz CT molecular complexity index is 842. The first-order chi connectivity index (χ1) is 11.8. The first kappa shape index (κ1) is 18.4. The molecule has 0 amide bonds. The molecule has 2 N–H and O–H groups in total. The minimum absolute atomic E-state index is 0.0578. The van der Waals surface area contributed by atoms with Gasteiger partial charge in [0.25, 0.3) is 0 Å². The summed E-state index contributed by atoms with van der Waals surface area (Å²) in [7, 11) is -5.76. The number of methoxy groups -OCH3 is 1. The van der Waals surface area contributed by atoms with E-state index in [1.807, 2.05) is 0 Å². The Hall–Kier alpha value is -1.36. The number of nitrogens with zero attached hydrogens (tertiary/aromatic N) is 1. The first-order valence-electron chi connectivity index (χ1n) is 8.16. The van der Waals surface area contributed by atoms with Crippen molar-refractivity contribution in [2.45, 2.75) is 11.8 Å². The number of sulfonamides is 2. The maximum Gasteiger partial charge on any atom is 0.246 e. The Kier molecular flexibility index (Phi) is 4.97. The zero-order valence-electron chi connectivity index (χ0n) is 14.2. The molecule has 2 saturated heterocycles. The molecular formula is C15H23N3O5S2. The van der Waals surface area contributed by atoms with E-state index in [4.69, 9.17) is 4.74 Å². The number of benzene rings is 1. The van der Waals surface area contributed by atoms with E-state index in [1.54, 1.807) is 0 Å². The maximum absolute atomic E-state index is 13.0. The molecule has 0 bridgehead atoms. The molecule has 0 unspecified atom stereocenters. The van der Waals surface area contributed by atoms with Crippen LogP contribution in [0, 0.1) is 11.8 Å². The maximum atomic E-state index is 13.0. The molecule has 2 fully saturated rings. The van der Waals surface area contributed by atoms with E-state index in [2.05, 4.69) is 10.0 Å². The predicted molar refractivity (Wildman–Crippen MR) is 94.7 cm³/mol. The normalized spacial score (nSPS) is 24.2. The zero-order chi connectivity index (χ0) is 18.2. The fourth-order valence-corrected chi connectivity index (χ4v) is 5.66. The van der Waals surface area contributed by atoms with E-state index in [-0.39, 0.29) is 22.1 Å². The molecule has 25 heavy (non-hydrogen) atoms. The van der Waals surface area contributed by atoms with Gasteiger partial charge >= 0.3 is 0 Å². The molecule has 2 aliphatic heterocycles. The molecule has 0 aliphatic carbocycles. The van der Waals surface area contributed by atoms with Gasteiger partial charge in [0.05, 0.1) is 18.6 Å². The third kappa shape index (κ3) is 3.62. The average Bonchev–Trinajstić information content (AvgIpc) is 3.16. The third-order valence-corrected chi connectivity index (χ3v) is 7.97. The van der Waals surface area contributed by atoms with Crippen LogP contribution in [0.3, 0.4) is 0 Å². The second kappa shape index (κ2) is 6.75. The van der Waals surface area contributed by atoms with Gasteiger partial charge in [0, 0.05) is 19.2 Å². The summed E-state index contributed by atoms with van der Waals surface area (Å²) in [5, 5.41) is 3.28. The topological polar surface area (TPSA) is 105 Å². The molecule has 2 aliphatic rings. The lowest BCUT2D eigenvalue weighted by Crippen LogP contribution is -2.32. The van der Waals surface area contributed by atoms with Crippen LogP contribution < -0.4 is 14.8 Å². The number of nitrogens with one attached hydrogen (secondary N) is 2. The fraction of sp³-hybridized carbons (Fsp3) is 0.600. The minimum Gasteiger partial charge on any atom is -0.495 e. The monoisotopic (exact) mass is 389 g/mol. The fourth-order valence-electron chi connectivity index (χ4n) is 3.34. The van der Waals surface area contributed by atoms with E-state index in [9.17, 15) is 16.8 Å². The van der Waals surface area contributed by atoms with Crippen LogP contribution in [0.1, 0.15) is 6.92 Å². The minimum atomic E-state index is -3.69. The quantitative estimate of drug-likeness (QED) is 0.725. The summed E-state index contributed by atoms with van der Waals surface area (Å²) in [6.07, 6.45) is 0. The van der Waals surface area contributed by atoms with Crippen molar-refractivity contribution in [1.82, 2.24) is 9.62 Å². The van der Waals surface area contributed by atoms with Crippen molar-refractivity contribution >= 4 is 25.7 Å². The summed E-state index contributed by atoms with van der Waals surface area (Å²) < 4.78 is 58.5. The average molecular weight is 389 g/mol. The number of ether oxygens (including phenoxy) is 1. The van der Waals surface area contributed by atoms with Crippen LogP contribution in [0.5, 0.6) is 5.75 Å². The lowest BCUT2D eigenvalue weighted by atomic mass is 10.0. The highest BCUT2D eigenvalue weighted by Gasteiger charge is 2.42. The van der Waals surface area contributed by atoms with Crippen molar-refractivity contribution in [2.75, 3.05) is 43.8 Å². The van der Waals surface area contributed by atoms with Crippen molar-refractivity contribution in [3.63, 3.8) is 0 Å². The third-order valence-electron chi connectivity index (χ3n) is 4.79. The van der Waals surface area contributed by atoms with Crippen molar-refractivity contribution in [3.05, 3.63) is 18.2 Å².